The molecule has 6 heteroatoms. The molecule has 1 aromatic rings. The predicted octanol–water partition coefficient (Wildman–Crippen LogP) is 3.24. The van der Waals surface area contributed by atoms with E-state index in [1.165, 1.54) is 0 Å². The second-order valence-corrected chi connectivity index (χ2v) is 8.15. The van der Waals surface area contributed by atoms with Crippen LogP contribution < -0.4 is 5.32 Å². The van der Waals surface area contributed by atoms with Gasteiger partial charge in [-0.05, 0) is 38.0 Å². The molecule has 0 unspecified atom stereocenters. The lowest BCUT2D eigenvalue weighted by Gasteiger charge is -2.62. The fourth-order valence-corrected chi connectivity index (χ4v) is 3.13. The minimum absolute atomic E-state index is 0. The summed E-state index contributed by atoms with van der Waals surface area (Å²) in [6.45, 7) is 10.9. The van der Waals surface area contributed by atoms with Gasteiger partial charge in [0.15, 0.2) is 5.96 Å². The third-order valence-electron chi connectivity index (χ3n) is 5.63. The summed E-state index contributed by atoms with van der Waals surface area (Å²) in [5.41, 5.74) is 2.26. The van der Waals surface area contributed by atoms with Crippen molar-refractivity contribution in [1.29, 1.82) is 0 Å². The summed E-state index contributed by atoms with van der Waals surface area (Å²) in [6, 6.07) is 7.85. The molecule has 1 aliphatic heterocycles. The minimum Gasteiger partial charge on any atom is -0.356 e. The Morgan fingerprint density at radius 3 is 2.42 bits per heavy atom. The fraction of sp³-hybridized carbons (Fsp3) is 0.600. The lowest BCUT2D eigenvalue weighted by molar-refractivity contribution is -0.0666. The summed E-state index contributed by atoms with van der Waals surface area (Å²) < 4.78 is 0. The zero-order valence-corrected chi connectivity index (χ0v) is 19.4. The van der Waals surface area contributed by atoms with Crippen LogP contribution >= 0.6 is 24.0 Å². The minimum atomic E-state index is 0. The van der Waals surface area contributed by atoms with E-state index in [-0.39, 0.29) is 40.8 Å². The van der Waals surface area contributed by atoms with E-state index in [0.29, 0.717) is 0 Å². The molecule has 1 aliphatic rings. The number of carbonyl (C=O) groups is 1. The Kier molecular flexibility index (Phi) is 7.51. The summed E-state index contributed by atoms with van der Waals surface area (Å²) in [7, 11) is 5.38. The maximum atomic E-state index is 12.1. The molecular formula is C20H33IN4O. The molecule has 26 heavy (non-hydrogen) atoms. The van der Waals surface area contributed by atoms with Crippen LogP contribution in [0.2, 0.25) is 0 Å². The molecule has 1 amide bonds. The highest BCUT2D eigenvalue weighted by molar-refractivity contribution is 14.0. The summed E-state index contributed by atoms with van der Waals surface area (Å²) in [6.07, 6.45) is 0.852. The number of guanidine groups is 1. The molecule has 1 heterocycles. The molecule has 0 saturated carbocycles. The molecule has 0 radical (unpaired) electrons. The number of amides is 1. The lowest BCUT2D eigenvalue weighted by Crippen LogP contribution is -2.72. The van der Waals surface area contributed by atoms with Gasteiger partial charge < -0.3 is 15.1 Å². The molecule has 0 bridgehead atoms. The van der Waals surface area contributed by atoms with Crippen molar-refractivity contribution >= 4 is 35.8 Å². The summed E-state index contributed by atoms with van der Waals surface area (Å²) in [5.74, 6) is 0.986. The van der Waals surface area contributed by atoms with E-state index in [4.69, 9.17) is 0 Å². The van der Waals surface area contributed by atoms with Crippen molar-refractivity contribution in [2.45, 2.75) is 39.7 Å². The second kappa shape index (κ2) is 8.59. The predicted molar refractivity (Wildman–Crippen MR) is 120 cm³/mol. The van der Waals surface area contributed by atoms with Crippen LogP contribution in [0.5, 0.6) is 0 Å². The van der Waals surface area contributed by atoms with E-state index in [9.17, 15) is 4.79 Å². The SMILES string of the molecule is CN=C(NCCc1cccc(C(=O)N(C)C)c1)N1CC(C)(C)C1(C)C.I. The quantitative estimate of drug-likeness (QED) is 0.416. The Bertz CT molecular complexity index is 668. The number of nitrogens with zero attached hydrogens (tertiary/aromatic N) is 3. The van der Waals surface area contributed by atoms with Crippen molar-refractivity contribution < 1.29 is 4.79 Å². The third kappa shape index (κ3) is 4.50. The number of likely N-dealkylation sites (tertiary alicyclic amines) is 1. The molecule has 2 rings (SSSR count). The number of halogens is 1. The maximum Gasteiger partial charge on any atom is 0.253 e. The van der Waals surface area contributed by atoms with Crippen LogP contribution in [0, 0.1) is 5.41 Å². The molecule has 0 spiro atoms. The largest absolute Gasteiger partial charge is 0.356 e. The average Bonchev–Trinajstić information content (AvgIpc) is 2.56. The maximum absolute atomic E-state index is 12.1. The molecular weight excluding hydrogens is 439 g/mol. The Morgan fingerprint density at radius 2 is 1.92 bits per heavy atom. The number of aliphatic imine (C=N–C) groups is 1. The zero-order valence-electron chi connectivity index (χ0n) is 17.1. The first kappa shape index (κ1) is 22.7. The van der Waals surface area contributed by atoms with Crippen molar-refractivity contribution in [3.8, 4) is 0 Å². The highest BCUT2D eigenvalue weighted by atomic mass is 127. The first-order chi connectivity index (χ1) is 11.6. The number of hydrogen-bond donors (Lipinski definition) is 1. The normalized spacial score (nSPS) is 17.8. The van der Waals surface area contributed by atoms with Crippen LogP contribution in [0.4, 0.5) is 0 Å². The zero-order chi connectivity index (χ0) is 18.8. The van der Waals surface area contributed by atoms with Crippen molar-refractivity contribution in [1.82, 2.24) is 15.1 Å². The molecule has 1 fully saturated rings. The summed E-state index contributed by atoms with van der Waals surface area (Å²) in [4.78, 5) is 20.5. The van der Waals surface area contributed by atoms with Crippen LogP contribution in [0.3, 0.4) is 0 Å². The van der Waals surface area contributed by atoms with Crippen LogP contribution in [0.1, 0.15) is 43.6 Å². The molecule has 0 aliphatic carbocycles. The van der Waals surface area contributed by atoms with Gasteiger partial charge in [-0.25, -0.2) is 0 Å². The number of carbonyl (C=O) groups excluding carboxylic acids is 1. The first-order valence-corrected chi connectivity index (χ1v) is 8.89. The molecule has 1 saturated heterocycles. The Morgan fingerprint density at radius 1 is 1.27 bits per heavy atom. The van der Waals surface area contributed by atoms with Gasteiger partial charge in [0.2, 0.25) is 0 Å². The van der Waals surface area contributed by atoms with Gasteiger partial charge in [-0.2, -0.15) is 0 Å². The highest BCUT2D eigenvalue weighted by Crippen LogP contribution is 2.46. The van der Waals surface area contributed by atoms with Gasteiger partial charge >= 0.3 is 0 Å². The van der Waals surface area contributed by atoms with Gasteiger partial charge in [-0.15, -0.1) is 24.0 Å². The van der Waals surface area contributed by atoms with Gasteiger partial charge in [-0.3, -0.25) is 9.79 Å². The van der Waals surface area contributed by atoms with Crippen LogP contribution in [-0.4, -0.2) is 61.4 Å². The van der Waals surface area contributed by atoms with E-state index in [2.05, 4.69) is 49.0 Å². The van der Waals surface area contributed by atoms with Crippen LogP contribution in [0.25, 0.3) is 0 Å². The van der Waals surface area contributed by atoms with Gasteiger partial charge in [0.1, 0.15) is 0 Å². The Balaban J connectivity index is 0.00000338. The number of hydrogen-bond acceptors (Lipinski definition) is 2. The molecule has 1 aromatic carbocycles. The first-order valence-electron chi connectivity index (χ1n) is 8.89. The van der Waals surface area contributed by atoms with Crippen molar-refractivity contribution in [3.05, 3.63) is 35.4 Å². The van der Waals surface area contributed by atoms with Crippen molar-refractivity contribution in [3.63, 3.8) is 0 Å². The van der Waals surface area contributed by atoms with E-state index < -0.39 is 0 Å². The van der Waals surface area contributed by atoms with Crippen LogP contribution in [-0.2, 0) is 6.42 Å². The second-order valence-electron chi connectivity index (χ2n) is 8.15. The average molecular weight is 472 g/mol. The summed E-state index contributed by atoms with van der Waals surface area (Å²) >= 11 is 0. The third-order valence-corrected chi connectivity index (χ3v) is 5.63. The van der Waals surface area contributed by atoms with Crippen LogP contribution in [0.15, 0.2) is 29.3 Å². The van der Waals surface area contributed by atoms with Gasteiger partial charge in [-0.1, -0.05) is 26.0 Å². The molecule has 0 aromatic heterocycles. The lowest BCUT2D eigenvalue weighted by atomic mass is 9.65. The van der Waals surface area contributed by atoms with Crippen molar-refractivity contribution in [2.75, 3.05) is 34.2 Å². The van der Waals surface area contributed by atoms with Gasteiger partial charge in [0.25, 0.3) is 5.91 Å². The molecule has 5 nitrogen and oxygen atoms in total. The topological polar surface area (TPSA) is 47.9 Å². The standard InChI is InChI=1S/C20H32N4O.HI/c1-19(2)14-24(20(19,3)4)18(21-5)22-12-11-15-9-8-10-16(13-15)17(25)23(6)7;/h8-10,13H,11-12,14H2,1-7H3,(H,21,22);1H. The molecule has 1 N–H and O–H groups in total. The fourth-order valence-electron chi connectivity index (χ4n) is 3.13. The van der Waals surface area contributed by atoms with E-state index >= 15 is 0 Å². The van der Waals surface area contributed by atoms with E-state index in [0.717, 1.165) is 36.6 Å². The number of rotatable bonds is 4. The van der Waals surface area contributed by atoms with E-state index in [1.807, 2.05) is 25.2 Å². The Labute approximate surface area is 175 Å². The summed E-state index contributed by atoms with van der Waals surface area (Å²) in [5, 5.41) is 3.47. The highest BCUT2D eigenvalue weighted by Gasteiger charge is 2.53. The molecule has 0 atom stereocenters. The monoisotopic (exact) mass is 472 g/mol. The number of benzene rings is 1. The van der Waals surface area contributed by atoms with Gasteiger partial charge in [0.05, 0.1) is 0 Å². The van der Waals surface area contributed by atoms with Gasteiger partial charge in [0, 0.05) is 50.7 Å². The smallest absolute Gasteiger partial charge is 0.253 e. The number of nitrogens with one attached hydrogen (secondary N) is 1. The Hall–Kier alpha value is -1.31. The van der Waals surface area contributed by atoms with Crippen molar-refractivity contribution in [2.24, 2.45) is 10.4 Å². The van der Waals surface area contributed by atoms with E-state index in [1.54, 1.807) is 19.0 Å². The molecule has 146 valence electrons.